The summed E-state index contributed by atoms with van der Waals surface area (Å²) in [6.45, 7) is 0.666. The molecule has 1 heterocycles. The Kier molecular flexibility index (Phi) is 3.51. The van der Waals surface area contributed by atoms with Gasteiger partial charge in [-0.3, -0.25) is 9.59 Å². The maximum atomic E-state index is 13.4. The molecule has 6 heteroatoms. The molecule has 4 nitrogen and oxygen atoms in total. The van der Waals surface area contributed by atoms with E-state index in [1.54, 1.807) is 11.0 Å². The molecule has 1 aromatic carbocycles. The summed E-state index contributed by atoms with van der Waals surface area (Å²) in [5.74, 6) is -1.60. The first kappa shape index (κ1) is 14.5. The average molecular weight is 356 g/mol. The van der Waals surface area contributed by atoms with Crippen molar-refractivity contribution in [3.8, 4) is 0 Å². The lowest BCUT2D eigenvalue weighted by Gasteiger charge is -2.23. The third-order valence-corrected chi connectivity index (χ3v) is 5.15. The first-order chi connectivity index (χ1) is 9.92. The van der Waals surface area contributed by atoms with Crippen molar-refractivity contribution in [2.45, 2.75) is 19.3 Å². The molecule has 0 unspecified atom stereocenters. The molecule has 1 aromatic rings. The minimum atomic E-state index is -0.819. The number of carbonyl (C=O) groups excluding carboxylic acids is 1. The molecule has 2 aliphatic rings. The normalized spacial score (nSPS) is 27.7. The van der Waals surface area contributed by atoms with Crippen LogP contribution in [0.1, 0.15) is 29.6 Å². The second-order valence-electron chi connectivity index (χ2n) is 5.89. The van der Waals surface area contributed by atoms with Gasteiger partial charge in [-0.1, -0.05) is 22.4 Å². The van der Waals surface area contributed by atoms with E-state index < -0.39 is 17.2 Å². The van der Waals surface area contributed by atoms with Gasteiger partial charge in [-0.05, 0) is 37.0 Å². The summed E-state index contributed by atoms with van der Waals surface area (Å²) in [5, 5.41) is 9.53. The van der Waals surface area contributed by atoms with Gasteiger partial charge < -0.3 is 10.0 Å². The van der Waals surface area contributed by atoms with Crippen LogP contribution in [0, 0.1) is 17.2 Å². The first-order valence-electron chi connectivity index (χ1n) is 6.91. The Bertz CT molecular complexity index is 601. The van der Waals surface area contributed by atoms with Crippen molar-refractivity contribution in [2.24, 2.45) is 11.3 Å². The molecule has 3 rings (SSSR count). The summed E-state index contributed by atoms with van der Waals surface area (Å²) in [6.07, 6.45) is 2.34. The number of aliphatic carboxylic acids is 1. The molecular formula is C15H15BrFNO3. The number of fused-ring (bicyclic) bond motifs is 1. The Labute approximate surface area is 130 Å². The molecule has 1 aliphatic carbocycles. The predicted octanol–water partition coefficient (Wildman–Crippen LogP) is 2.92. The number of benzene rings is 1. The van der Waals surface area contributed by atoms with Gasteiger partial charge in [-0.2, -0.15) is 0 Å². The highest BCUT2D eigenvalue weighted by Crippen LogP contribution is 2.49. The minimum absolute atomic E-state index is 0.0101. The Morgan fingerprint density at radius 3 is 2.76 bits per heavy atom. The van der Waals surface area contributed by atoms with Crippen LogP contribution in [0.5, 0.6) is 0 Å². The van der Waals surface area contributed by atoms with Crippen LogP contribution in [-0.2, 0) is 4.79 Å². The number of carbonyl (C=O) groups is 2. The molecule has 1 aliphatic heterocycles. The van der Waals surface area contributed by atoms with Crippen LogP contribution in [0.3, 0.4) is 0 Å². The van der Waals surface area contributed by atoms with Crippen LogP contribution in [0.25, 0.3) is 0 Å². The number of amides is 1. The number of hydrogen-bond acceptors (Lipinski definition) is 2. The van der Waals surface area contributed by atoms with E-state index in [9.17, 15) is 19.1 Å². The Balaban J connectivity index is 1.86. The molecule has 0 radical (unpaired) electrons. The zero-order valence-corrected chi connectivity index (χ0v) is 12.9. The highest BCUT2D eigenvalue weighted by molar-refractivity contribution is 9.10. The fourth-order valence-electron chi connectivity index (χ4n) is 3.65. The highest BCUT2D eigenvalue weighted by atomic mass is 79.9. The van der Waals surface area contributed by atoms with Crippen molar-refractivity contribution < 1.29 is 19.1 Å². The minimum Gasteiger partial charge on any atom is -0.481 e. The monoisotopic (exact) mass is 355 g/mol. The second kappa shape index (κ2) is 5.09. The fraction of sp³-hybridized carbons (Fsp3) is 0.467. The Morgan fingerprint density at radius 2 is 2.14 bits per heavy atom. The summed E-state index contributed by atoms with van der Waals surface area (Å²) >= 11 is 3.17. The van der Waals surface area contributed by atoms with E-state index in [1.807, 2.05) is 0 Å². The van der Waals surface area contributed by atoms with Gasteiger partial charge in [-0.15, -0.1) is 0 Å². The lowest BCUT2D eigenvalue weighted by Crippen LogP contribution is -2.37. The molecule has 2 fully saturated rings. The molecule has 21 heavy (non-hydrogen) atoms. The number of nitrogens with zero attached hydrogens (tertiary/aromatic N) is 1. The third kappa shape index (κ3) is 2.35. The molecular weight excluding hydrogens is 341 g/mol. The van der Waals surface area contributed by atoms with Gasteiger partial charge in [0.1, 0.15) is 5.82 Å². The standard InChI is InChI=1S/C15H15BrFNO3/c16-11-4-9(5-12(17)6-11)13(19)18-7-10-2-1-3-15(10,8-18)14(20)21/h4-6,10H,1-3,7-8H2,(H,20,21)/t10-,15+/m0/s1. The summed E-state index contributed by atoms with van der Waals surface area (Å²) in [6, 6.07) is 4.04. The lowest BCUT2D eigenvalue weighted by molar-refractivity contribution is -0.149. The predicted molar refractivity (Wildman–Crippen MR) is 77.4 cm³/mol. The summed E-state index contributed by atoms with van der Waals surface area (Å²) in [5.41, 5.74) is -0.553. The van der Waals surface area contributed by atoms with Crippen LogP contribution in [0.2, 0.25) is 0 Å². The van der Waals surface area contributed by atoms with E-state index in [1.165, 1.54) is 12.1 Å². The zero-order chi connectivity index (χ0) is 15.2. The van der Waals surface area contributed by atoms with E-state index in [4.69, 9.17) is 0 Å². The topological polar surface area (TPSA) is 57.6 Å². The van der Waals surface area contributed by atoms with Crippen molar-refractivity contribution in [1.82, 2.24) is 4.90 Å². The summed E-state index contributed by atoms with van der Waals surface area (Å²) in [4.78, 5) is 25.7. The molecule has 1 amide bonds. The number of hydrogen-bond donors (Lipinski definition) is 1. The molecule has 0 spiro atoms. The molecule has 0 bridgehead atoms. The van der Waals surface area contributed by atoms with Gasteiger partial charge in [0.15, 0.2) is 0 Å². The first-order valence-corrected chi connectivity index (χ1v) is 7.70. The number of rotatable bonds is 2. The van der Waals surface area contributed by atoms with Gasteiger partial charge in [-0.25, -0.2) is 4.39 Å². The van der Waals surface area contributed by atoms with Gasteiger partial charge in [0.05, 0.1) is 5.41 Å². The molecule has 1 saturated carbocycles. The second-order valence-corrected chi connectivity index (χ2v) is 6.81. The SMILES string of the molecule is O=C(c1cc(F)cc(Br)c1)N1C[C@@H]2CCC[C@@]2(C(=O)O)C1. The largest absolute Gasteiger partial charge is 0.481 e. The van der Waals surface area contributed by atoms with Crippen LogP contribution >= 0.6 is 15.9 Å². The van der Waals surface area contributed by atoms with Crippen molar-refractivity contribution in [2.75, 3.05) is 13.1 Å². The van der Waals surface area contributed by atoms with Crippen LogP contribution in [0.4, 0.5) is 4.39 Å². The molecule has 1 saturated heterocycles. The number of halogens is 2. The molecule has 0 aromatic heterocycles. The van der Waals surface area contributed by atoms with E-state index >= 15 is 0 Å². The Hall–Kier alpha value is -1.43. The fourth-order valence-corrected chi connectivity index (χ4v) is 4.12. The smallest absolute Gasteiger partial charge is 0.311 e. The third-order valence-electron chi connectivity index (χ3n) is 4.69. The van der Waals surface area contributed by atoms with Crippen molar-refractivity contribution in [1.29, 1.82) is 0 Å². The Morgan fingerprint density at radius 1 is 1.38 bits per heavy atom. The summed E-state index contributed by atoms with van der Waals surface area (Å²) < 4.78 is 13.9. The van der Waals surface area contributed by atoms with Crippen molar-refractivity contribution in [3.05, 3.63) is 34.1 Å². The van der Waals surface area contributed by atoms with Crippen LogP contribution in [-0.4, -0.2) is 35.0 Å². The lowest BCUT2D eigenvalue weighted by atomic mass is 9.81. The van der Waals surface area contributed by atoms with Gasteiger partial charge in [0, 0.05) is 23.1 Å². The van der Waals surface area contributed by atoms with E-state index in [2.05, 4.69) is 15.9 Å². The highest BCUT2D eigenvalue weighted by Gasteiger charge is 2.55. The van der Waals surface area contributed by atoms with Gasteiger partial charge in [0.25, 0.3) is 5.91 Å². The van der Waals surface area contributed by atoms with E-state index in [0.717, 1.165) is 12.8 Å². The average Bonchev–Trinajstić information content (AvgIpc) is 2.93. The maximum absolute atomic E-state index is 13.4. The zero-order valence-electron chi connectivity index (χ0n) is 11.3. The van der Waals surface area contributed by atoms with Gasteiger partial charge in [0.2, 0.25) is 0 Å². The van der Waals surface area contributed by atoms with Crippen molar-refractivity contribution >= 4 is 27.8 Å². The quantitative estimate of drug-likeness (QED) is 0.887. The summed E-state index contributed by atoms with van der Waals surface area (Å²) in [7, 11) is 0. The van der Waals surface area contributed by atoms with Gasteiger partial charge >= 0.3 is 5.97 Å². The number of carboxylic acids is 1. The van der Waals surface area contributed by atoms with Crippen LogP contribution in [0.15, 0.2) is 22.7 Å². The van der Waals surface area contributed by atoms with Crippen LogP contribution < -0.4 is 0 Å². The van der Waals surface area contributed by atoms with E-state index in [0.29, 0.717) is 17.4 Å². The van der Waals surface area contributed by atoms with E-state index in [-0.39, 0.29) is 23.9 Å². The number of carboxylic acid groups (broad SMARTS) is 1. The number of likely N-dealkylation sites (tertiary alicyclic amines) is 1. The molecule has 112 valence electrons. The maximum Gasteiger partial charge on any atom is 0.311 e. The van der Waals surface area contributed by atoms with Crippen molar-refractivity contribution in [3.63, 3.8) is 0 Å². The molecule has 2 atom stereocenters. The molecule has 1 N–H and O–H groups in total.